The summed E-state index contributed by atoms with van der Waals surface area (Å²) in [6.45, 7) is 2.81. The number of pyridine rings is 1. The van der Waals surface area contributed by atoms with Crippen LogP contribution in [0, 0.1) is 12.9 Å². The van der Waals surface area contributed by atoms with Crippen molar-refractivity contribution in [3.05, 3.63) is 23.8 Å². The Morgan fingerprint density at radius 3 is 2.67 bits per heavy atom. The van der Waals surface area contributed by atoms with Crippen molar-refractivity contribution in [2.24, 2.45) is 0 Å². The number of nitrogens with one attached hydrogen (secondary N) is 1. The number of rotatable bonds is 4. The van der Waals surface area contributed by atoms with Gasteiger partial charge in [-0.1, -0.05) is 0 Å². The Morgan fingerprint density at radius 2 is 2.17 bits per heavy atom. The highest BCUT2D eigenvalue weighted by molar-refractivity contribution is 7.90. The van der Waals surface area contributed by atoms with Crippen molar-refractivity contribution in [1.29, 1.82) is 0 Å². The van der Waals surface area contributed by atoms with Crippen molar-refractivity contribution in [3.63, 3.8) is 0 Å². The average Bonchev–Trinajstić information content (AvgIpc) is 2.26. The Morgan fingerprint density at radius 1 is 1.56 bits per heavy atom. The van der Waals surface area contributed by atoms with Crippen LogP contribution >= 0.6 is 0 Å². The summed E-state index contributed by atoms with van der Waals surface area (Å²) in [7, 11) is -2.79. The number of sulfonamides is 1. The molecule has 6 nitrogen and oxygen atoms in total. The Balaban J connectivity index is 3.04. The second kappa shape index (κ2) is 5.40. The molecule has 1 aromatic rings. The number of carbonyl (C=O) groups is 1. The fraction of sp³-hybridized carbons (Fsp3) is 0.400. The van der Waals surface area contributed by atoms with Crippen molar-refractivity contribution in [2.45, 2.75) is 24.8 Å². The maximum Gasteiger partial charge on any atom is 0.265 e. The van der Waals surface area contributed by atoms with E-state index in [0.29, 0.717) is 0 Å². The van der Waals surface area contributed by atoms with Crippen LogP contribution in [0.3, 0.4) is 0 Å². The van der Waals surface area contributed by atoms with Gasteiger partial charge in [-0.15, -0.1) is 0 Å². The number of aryl methyl sites for hydroxylation is 1. The maximum atomic E-state index is 12.8. The highest BCUT2D eigenvalue weighted by atomic mass is 32.2. The van der Waals surface area contributed by atoms with E-state index < -0.39 is 28.0 Å². The molecule has 1 heterocycles. The molecule has 1 aromatic heterocycles. The molecule has 8 heteroatoms. The van der Waals surface area contributed by atoms with Crippen molar-refractivity contribution >= 4 is 15.9 Å². The Hall–Kier alpha value is -1.54. The quantitative estimate of drug-likeness (QED) is 0.803. The van der Waals surface area contributed by atoms with E-state index in [0.717, 1.165) is 12.3 Å². The van der Waals surface area contributed by atoms with Gasteiger partial charge < -0.3 is 4.74 Å². The van der Waals surface area contributed by atoms with E-state index in [1.165, 1.54) is 21.0 Å². The standard InChI is InChI=1S/C10H13FN2O4S/c1-6-4-9(11)12-5-8(6)18(15,16)13-10(14)7(2)17-3/h4-5,7H,1-3H3,(H,13,14). The molecular weight excluding hydrogens is 263 g/mol. The molecule has 0 saturated heterocycles. The zero-order chi connectivity index (χ0) is 13.9. The van der Waals surface area contributed by atoms with Crippen LogP contribution in [0.5, 0.6) is 0 Å². The molecular formula is C10H13FN2O4S. The monoisotopic (exact) mass is 276 g/mol. The lowest BCUT2D eigenvalue weighted by molar-refractivity contribution is -0.128. The summed E-state index contributed by atoms with van der Waals surface area (Å²) in [6.07, 6.45) is -0.0499. The van der Waals surface area contributed by atoms with Gasteiger partial charge in [-0.05, 0) is 25.5 Å². The number of carbonyl (C=O) groups excluding carboxylic acids is 1. The zero-order valence-corrected chi connectivity index (χ0v) is 10.9. The minimum atomic E-state index is -4.07. The largest absolute Gasteiger partial charge is 0.372 e. The number of amides is 1. The number of hydrogen-bond acceptors (Lipinski definition) is 5. The van der Waals surface area contributed by atoms with Crippen LogP contribution in [0.1, 0.15) is 12.5 Å². The summed E-state index contributed by atoms with van der Waals surface area (Å²) in [5.74, 6) is -1.59. The van der Waals surface area contributed by atoms with Crippen LogP contribution in [-0.4, -0.2) is 32.5 Å². The number of methoxy groups -OCH3 is 1. The van der Waals surface area contributed by atoms with Crippen LogP contribution < -0.4 is 4.72 Å². The summed E-state index contributed by atoms with van der Waals surface area (Å²) >= 11 is 0. The minimum absolute atomic E-state index is 0.160. The third-order valence-corrected chi connectivity index (χ3v) is 3.75. The highest BCUT2D eigenvalue weighted by Crippen LogP contribution is 2.14. The van der Waals surface area contributed by atoms with Gasteiger partial charge in [0.1, 0.15) is 11.0 Å². The number of nitrogens with zero attached hydrogens (tertiary/aromatic N) is 1. The predicted molar refractivity (Wildman–Crippen MR) is 60.7 cm³/mol. The molecule has 1 atom stereocenters. The molecule has 18 heavy (non-hydrogen) atoms. The minimum Gasteiger partial charge on any atom is -0.372 e. The molecule has 0 radical (unpaired) electrons. The van der Waals surface area contributed by atoms with Gasteiger partial charge in [-0.3, -0.25) is 4.79 Å². The highest BCUT2D eigenvalue weighted by Gasteiger charge is 2.23. The molecule has 0 spiro atoms. The number of aromatic nitrogens is 1. The van der Waals surface area contributed by atoms with E-state index in [2.05, 4.69) is 4.98 Å². The molecule has 1 amide bonds. The van der Waals surface area contributed by atoms with E-state index in [1.807, 2.05) is 4.72 Å². The van der Waals surface area contributed by atoms with Gasteiger partial charge in [0.15, 0.2) is 0 Å². The van der Waals surface area contributed by atoms with Crippen LogP contribution in [0.25, 0.3) is 0 Å². The third kappa shape index (κ3) is 3.23. The van der Waals surface area contributed by atoms with E-state index >= 15 is 0 Å². The Labute approximate surface area is 104 Å². The van der Waals surface area contributed by atoms with Gasteiger partial charge >= 0.3 is 0 Å². The molecule has 0 aliphatic rings. The smallest absolute Gasteiger partial charge is 0.265 e. The van der Waals surface area contributed by atoms with Crippen LogP contribution in [0.4, 0.5) is 4.39 Å². The zero-order valence-electron chi connectivity index (χ0n) is 10.1. The molecule has 0 aliphatic carbocycles. The first-order valence-electron chi connectivity index (χ1n) is 4.99. The SMILES string of the molecule is COC(C)C(=O)NS(=O)(=O)c1cnc(F)cc1C. The van der Waals surface area contributed by atoms with Gasteiger partial charge in [-0.2, -0.15) is 4.39 Å². The Kier molecular flexibility index (Phi) is 4.36. The lowest BCUT2D eigenvalue weighted by Crippen LogP contribution is -2.38. The maximum absolute atomic E-state index is 12.8. The normalized spacial score (nSPS) is 13.1. The van der Waals surface area contributed by atoms with Gasteiger partial charge in [0.05, 0.1) is 6.20 Å². The summed E-state index contributed by atoms with van der Waals surface area (Å²) in [5, 5.41) is 0. The molecule has 1 unspecified atom stereocenters. The molecule has 0 aliphatic heterocycles. The third-order valence-electron chi connectivity index (χ3n) is 2.28. The fourth-order valence-electron chi connectivity index (χ4n) is 1.17. The lowest BCUT2D eigenvalue weighted by atomic mass is 10.3. The average molecular weight is 276 g/mol. The second-order valence-electron chi connectivity index (χ2n) is 3.62. The molecule has 0 fully saturated rings. The van der Waals surface area contributed by atoms with Crippen molar-refractivity contribution in [2.75, 3.05) is 7.11 Å². The van der Waals surface area contributed by atoms with Gasteiger partial charge in [0.2, 0.25) is 5.95 Å². The molecule has 1 rings (SSSR count). The van der Waals surface area contributed by atoms with Gasteiger partial charge in [-0.25, -0.2) is 18.1 Å². The topological polar surface area (TPSA) is 85.4 Å². The van der Waals surface area contributed by atoms with Gasteiger partial charge in [0, 0.05) is 7.11 Å². The summed E-state index contributed by atoms with van der Waals surface area (Å²) in [6, 6.07) is 0.971. The van der Waals surface area contributed by atoms with Crippen molar-refractivity contribution < 1.29 is 22.3 Å². The number of ether oxygens (including phenoxy) is 1. The van der Waals surface area contributed by atoms with E-state index in [-0.39, 0.29) is 10.5 Å². The first-order valence-corrected chi connectivity index (χ1v) is 6.48. The van der Waals surface area contributed by atoms with Crippen molar-refractivity contribution in [3.8, 4) is 0 Å². The lowest BCUT2D eigenvalue weighted by Gasteiger charge is -2.12. The van der Waals surface area contributed by atoms with E-state index in [9.17, 15) is 17.6 Å². The molecule has 0 saturated carbocycles. The second-order valence-corrected chi connectivity index (χ2v) is 5.27. The number of halogens is 1. The summed E-state index contributed by atoms with van der Waals surface area (Å²) in [4.78, 5) is 14.4. The molecule has 0 aromatic carbocycles. The first-order chi connectivity index (χ1) is 8.27. The molecule has 0 bridgehead atoms. The fourth-order valence-corrected chi connectivity index (χ4v) is 2.38. The van der Waals surface area contributed by atoms with Crippen molar-refractivity contribution in [1.82, 2.24) is 9.71 Å². The van der Waals surface area contributed by atoms with Crippen LogP contribution in [0.15, 0.2) is 17.2 Å². The van der Waals surface area contributed by atoms with E-state index in [4.69, 9.17) is 4.74 Å². The number of hydrogen-bond donors (Lipinski definition) is 1. The predicted octanol–water partition coefficient (Wildman–Crippen LogP) is 0.369. The van der Waals surface area contributed by atoms with Crippen LogP contribution in [-0.2, 0) is 19.6 Å². The van der Waals surface area contributed by atoms with E-state index in [1.54, 1.807) is 0 Å². The van der Waals surface area contributed by atoms with Crippen LogP contribution in [0.2, 0.25) is 0 Å². The summed E-state index contributed by atoms with van der Waals surface area (Å²) in [5.41, 5.74) is 0.160. The first kappa shape index (κ1) is 14.5. The summed E-state index contributed by atoms with van der Waals surface area (Å²) < 4.78 is 43.0. The van der Waals surface area contributed by atoms with Gasteiger partial charge in [0.25, 0.3) is 15.9 Å². The molecule has 1 N–H and O–H groups in total. The molecule has 100 valence electrons. The Bertz CT molecular complexity index is 559.